The second-order valence-electron chi connectivity index (χ2n) is 5.23. The van der Waals surface area contributed by atoms with Crippen molar-refractivity contribution in [1.29, 1.82) is 0 Å². The van der Waals surface area contributed by atoms with Crippen LogP contribution in [-0.2, 0) is 0 Å². The largest absolute Gasteiger partial charge is 0.313 e. The molecule has 2 heteroatoms. The lowest BCUT2D eigenvalue weighted by atomic mass is 9.78. The molecule has 1 N–H and O–H groups in total. The van der Waals surface area contributed by atoms with Crippen molar-refractivity contribution in [3.8, 4) is 0 Å². The van der Waals surface area contributed by atoms with Crippen LogP contribution in [0.3, 0.4) is 0 Å². The van der Waals surface area contributed by atoms with Crippen LogP contribution in [0.5, 0.6) is 0 Å². The Hall–Kier alpha value is -0.860. The van der Waals surface area contributed by atoms with Crippen LogP contribution in [0.15, 0.2) is 34.8 Å². The summed E-state index contributed by atoms with van der Waals surface area (Å²) >= 11 is 3.72. The van der Waals surface area contributed by atoms with E-state index in [0.29, 0.717) is 12.0 Å². The maximum atomic E-state index is 3.72. The minimum Gasteiger partial charge on any atom is -0.313 e. The fourth-order valence-electron chi connectivity index (χ4n) is 3.23. The Labute approximate surface area is 117 Å². The number of hydrogen-bond donors (Lipinski definition) is 1. The highest BCUT2D eigenvalue weighted by Gasteiger charge is 2.26. The summed E-state index contributed by atoms with van der Waals surface area (Å²) in [5.41, 5.74) is 3.02. The first-order valence-corrected chi connectivity index (χ1v) is 7.40. The number of hydrogen-bond acceptors (Lipinski definition) is 1. The van der Waals surface area contributed by atoms with Crippen molar-refractivity contribution in [2.45, 2.75) is 31.7 Å². The van der Waals surface area contributed by atoms with Gasteiger partial charge in [0.25, 0.3) is 0 Å². The zero-order valence-corrected chi connectivity index (χ0v) is 12.4. The van der Waals surface area contributed by atoms with Gasteiger partial charge in [0.15, 0.2) is 0 Å². The molecule has 2 atom stereocenters. The lowest BCUT2D eigenvalue weighted by molar-refractivity contribution is 0.462. The zero-order chi connectivity index (χ0) is 12.7. The van der Waals surface area contributed by atoms with Crippen molar-refractivity contribution in [3.63, 3.8) is 0 Å². The van der Waals surface area contributed by atoms with Crippen LogP contribution >= 0.6 is 15.9 Å². The maximum Gasteiger partial charge on any atom is 0.0321 e. The average Bonchev–Trinajstić information content (AvgIpc) is 2.39. The molecular weight excluding hydrogens is 286 g/mol. The molecule has 94 valence electrons. The first-order valence-electron chi connectivity index (χ1n) is 6.60. The van der Waals surface area contributed by atoms with Crippen molar-refractivity contribution >= 4 is 26.7 Å². The highest BCUT2D eigenvalue weighted by molar-refractivity contribution is 9.10. The molecule has 0 aromatic heterocycles. The van der Waals surface area contributed by atoms with Crippen LogP contribution in [0.2, 0.25) is 0 Å². The highest BCUT2D eigenvalue weighted by atomic mass is 79.9. The summed E-state index contributed by atoms with van der Waals surface area (Å²) in [6, 6.07) is 11.5. The second kappa shape index (κ2) is 4.67. The van der Waals surface area contributed by atoms with Crippen molar-refractivity contribution in [2.24, 2.45) is 0 Å². The molecule has 1 aliphatic rings. The van der Waals surface area contributed by atoms with Gasteiger partial charge in [-0.2, -0.15) is 0 Å². The van der Waals surface area contributed by atoms with Crippen molar-refractivity contribution in [3.05, 3.63) is 45.9 Å². The molecule has 3 rings (SSSR count). The summed E-state index contributed by atoms with van der Waals surface area (Å²) in [5.74, 6) is 0.655. The van der Waals surface area contributed by atoms with Crippen molar-refractivity contribution in [2.75, 3.05) is 7.05 Å². The quantitative estimate of drug-likeness (QED) is 0.801. The van der Waals surface area contributed by atoms with E-state index < -0.39 is 0 Å². The van der Waals surface area contributed by atoms with Gasteiger partial charge in [0.1, 0.15) is 0 Å². The summed E-state index contributed by atoms with van der Waals surface area (Å²) in [5, 5.41) is 6.20. The molecule has 1 aliphatic carbocycles. The van der Waals surface area contributed by atoms with E-state index >= 15 is 0 Å². The Morgan fingerprint density at radius 1 is 1.17 bits per heavy atom. The summed E-state index contributed by atoms with van der Waals surface area (Å²) in [7, 11) is 2.06. The molecule has 0 bridgehead atoms. The lowest BCUT2D eigenvalue weighted by Crippen LogP contribution is -2.23. The van der Waals surface area contributed by atoms with Gasteiger partial charge in [0.2, 0.25) is 0 Å². The number of rotatable bonds is 1. The molecule has 0 amide bonds. The van der Waals surface area contributed by atoms with E-state index in [-0.39, 0.29) is 0 Å². The normalized spacial score (nSPS) is 23.1. The number of nitrogens with one attached hydrogen (secondary N) is 1. The molecule has 2 unspecified atom stereocenters. The van der Waals surface area contributed by atoms with Crippen LogP contribution in [-0.4, -0.2) is 7.05 Å². The molecule has 0 spiro atoms. The van der Waals surface area contributed by atoms with Crippen LogP contribution in [0.4, 0.5) is 0 Å². The van der Waals surface area contributed by atoms with E-state index in [1.165, 1.54) is 33.7 Å². The van der Waals surface area contributed by atoms with E-state index in [2.05, 4.69) is 65.5 Å². The fourth-order valence-corrected chi connectivity index (χ4v) is 3.82. The SMILES string of the molecule is CNC1CCC(C)c2c1cc(Br)c1ccccc21. The Kier molecular flexibility index (Phi) is 3.16. The Morgan fingerprint density at radius 2 is 1.89 bits per heavy atom. The third-order valence-corrected chi connectivity index (χ3v) is 4.83. The smallest absolute Gasteiger partial charge is 0.0321 e. The van der Waals surface area contributed by atoms with Gasteiger partial charge < -0.3 is 5.32 Å². The summed E-state index contributed by atoms with van der Waals surface area (Å²) < 4.78 is 1.21. The fraction of sp³-hybridized carbons (Fsp3) is 0.375. The topological polar surface area (TPSA) is 12.0 Å². The lowest BCUT2D eigenvalue weighted by Gasteiger charge is -2.31. The van der Waals surface area contributed by atoms with Crippen molar-refractivity contribution < 1.29 is 0 Å². The van der Waals surface area contributed by atoms with E-state index in [1.807, 2.05) is 0 Å². The summed E-state index contributed by atoms with van der Waals surface area (Å²) in [6.45, 7) is 2.35. The van der Waals surface area contributed by atoms with E-state index in [9.17, 15) is 0 Å². The molecule has 0 heterocycles. The van der Waals surface area contributed by atoms with Gasteiger partial charge in [-0.25, -0.2) is 0 Å². The monoisotopic (exact) mass is 303 g/mol. The third-order valence-electron chi connectivity index (χ3n) is 4.17. The van der Waals surface area contributed by atoms with E-state index in [1.54, 1.807) is 5.56 Å². The zero-order valence-electron chi connectivity index (χ0n) is 10.8. The van der Waals surface area contributed by atoms with Gasteiger partial charge in [0.05, 0.1) is 0 Å². The second-order valence-corrected chi connectivity index (χ2v) is 6.08. The molecule has 0 radical (unpaired) electrons. The molecule has 1 nitrogen and oxygen atoms in total. The Balaban J connectivity index is 2.35. The van der Waals surface area contributed by atoms with E-state index in [0.717, 1.165) is 0 Å². The number of halogens is 1. The average molecular weight is 304 g/mol. The van der Waals surface area contributed by atoms with Gasteiger partial charge in [-0.15, -0.1) is 0 Å². The predicted octanol–water partition coefficient (Wildman–Crippen LogP) is 4.76. The Bertz CT molecular complexity index is 591. The van der Waals surface area contributed by atoms with Gasteiger partial charge in [0, 0.05) is 10.5 Å². The van der Waals surface area contributed by atoms with Gasteiger partial charge in [-0.1, -0.05) is 47.1 Å². The molecule has 2 aromatic rings. The summed E-state index contributed by atoms with van der Waals surface area (Å²) in [6.07, 6.45) is 2.50. The predicted molar refractivity (Wildman–Crippen MR) is 81.1 cm³/mol. The van der Waals surface area contributed by atoms with Crippen LogP contribution < -0.4 is 5.32 Å². The van der Waals surface area contributed by atoms with Crippen LogP contribution in [0.25, 0.3) is 10.8 Å². The minimum atomic E-state index is 0.497. The standard InChI is InChI=1S/C16H18BrN/c1-10-7-8-15(18-2)13-9-14(17)11-5-3-4-6-12(11)16(10)13/h3-6,9-10,15,18H,7-8H2,1-2H3. The van der Waals surface area contributed by atoms with Gasteiger partial charge in [-0.3, -0.25) is 0 Å². The highest BCUT2D eigenvalue weighted by Crippen LogP contribution is 2.43. The molecule has 0 saturated heterocycles. The number of fused-ring (bicyclic) bond motifs is 3. The number of benzene rings is 2. The van der Waals surface area contributed by atoms with Gasteiger partial charge in [-0.05, 0) is 53.8 Å². The van der Waals surface area contributed by atoms with E-state index in [4.69, 9.17) is 0 Å². The molecule has 0 aliphatic heterocycles. The molecular formula is C16H18BrN. The molecule has 0 saturated carbocycles. The summed E-state index contributed by atoms with van der Waals surface area (Å²) in [4.78, 5) is 0. The molecule has 18 heavy (non-hydrogen) atoms. The third kappa shape index (κ3) is 1.79. The molecule has 0 fully saturated rings. The Morgan fingerprint density at radius 3 is 2.61 bits per heavy atom. The first-order chi connectivity index (χ1) is 8.72. The first kappa shape index (κ1) is 12.2. The molecule has 2 aromatic carbocycles. The van der Waals surface area contributed by atoms with Crippen LogP contribution in [0.1, 0.15) is 42.9 Å². The van der Waals surface area contributed by atoms with Crippen molar-refractivity contribution in [1.82, 2.24) is 5.32 Å². The van der Waals surface area contributed by atoms with Gasteiger partial charge >= 0.3 is 0 Å². The minimum absolute atomic E-state index is 0.497. The van der Waals surface area contributed by atoms with Crippen LogP contribution in [0, 0.1) is 0 Å². The maximum absolute atomic E-state index is 3.72.